The van der Waals surface area contributed by atoms with E-state index in [1.54, 1.807) is 0 Å². The van der Waals surface area contributed by atoms with Crippen LogP contribution in [0.25, 0.3) is 0 Å². The summed E-state index contributed by atoms with van der Waals surface area (Å²) in [5, 5.41) is 3.27. The Labute approximate surface area is 135 Å². The Morgan fingerprint density at radius 2 is 2.17 bits per heavy atom. The highest BCUT2D eigenvalue weighted by Crippen LogP contribution is 2.32. The lowest BCUT2D eigenvalue weighted by molar-refractivity contribution is -0.0512. The molecule has 0 fully saturated rings. The van der Waals surface area contributed by atoms with Crippen molar-refractivity contribution in [2.24, 2.45) is 0 Å². The van der Waals surface area contributed by atoms with Gasteiger partial charge in [0.05, 0.1) is 12.8 Å². The number of amides is 1. The zero-order chi connectivity index (χ0) is 16.4. The van der Waals surface area contributed by atoms with Crippen LogP contribution < -0.4 is 14.8 Å². The van der Waals surface area contributed by atoms with Crippen molar-refractivity contribution in [2.45, 2.75) is 25.9 Å². The fraction of sp³-hybridized carbons (Fsp3) is 0.333. The van der Waals surface area contributed by atoms with E-state index >= 15 is 0 Å². The van der Waals surface area contributed by atoms with E-state index in [4.69, 9.17) is 4.74 Å². The first-order valence-corrected chi connectivity index (χ1v) is 7.81. The zero-order valence-corrected chi connectivity index (χ0v) is 13.1. The second kappa shape index (κ2) is 6.49. The van der Waals surface area contributed by atoms with Gasteiger partial charge in [0.15, 0.2) is 16.6 Å². The number of ether oxygens (including phenoxy) is 2. The van der Waals surface area contributed by atoms with Gasteiger partial charge in [-0.15, -0.1) is 11.3 Å². The molecule has 5 nitrogen and oxygen atoms in total. The molecule has 1 aliphatic rings. The minimum atomic E-state index is -2.96. The molecule has 1 aliphatic carbocycles. The quantitative estimate of drug-likeness (QED) is 0.905. The number of hydrogen-bond donors (Lipinski definition) is 1. The summed E-state index contributed by atoms with van der Waals surface area (Å²) >= 11 is 1.47. The van der Waals surface area contributed by atoms with Crippen molar-refractivity contribution < 1.29 is 23.0 Å². The third-order valence-electron chi connectivity index (χ3n) is 3.46. The number of methoxy groups -OCH3 is 1. The molecule has 0 saturated heterocycles. The second-order valence-electron chi connectivity index (χ2n) is 4.94. The molecule has 0 bridgehead atoms. The number of thiazole rings is 1. The summed E-state index contributed by atoms with van der Waals surface area (Å²) in [4.78, 5) is 17.8. The Balaban J connectivity index is 1.76. The van der Waals surface area contributed by atoms with Crippen LogP contribution in [0, 0.1) is 0 Å². The molecule has 0 atom stereocenters. The minimum Gasteiger partial charge on any atom is -0.493 e. The smallest absolute Gasteiger partial charge is 0.387 e. The van der Waals surface area contributed by atoms with Crippen LogP contribution in [0.1, 0.15) is 27.3 Å². The lowest BCUT2D eigenvalue weighted by atomic mass is 10.2. The van der Waals surface area contributed by atoms with Crippen LogP contribution in [0.3, 0.4) is 0 Å². The predicted octanol–water partition coefficient (Wildman–Crippen LogP) is 3.49. The number of aryl methyl sites for hydroxylation is 2. The Hall–Kier alpha value is -2.22. The molecule has 0 spiro atoms. The summed E-state index contributed by atoms with van der Waals surface area (Å²) in [6, 6.07) is 4.03. The minimum absolute atomic E-state index is 0.0691. The van der Waals surface area contributed by atoms with E-state index in [2.05, 4.69) is 15.0 Å². The molecule has 122 valence electrons. The number of rotatable bonds is 5. The summed E-state index contributed by atoms with van der Waals surface area (Å²) in [6.07, 6.45) is 3.04. The third kappa shape index (κ3) is 3.42. The molecule has 0 unspecified atom stereocenters. The topological polar surface area (TPSA) is 60.5 Å². The van der Waals surface area contributed by atoms with Gasteiger partial charge in [-0.05, 0) is 37.5 Å². The highest BCUT2D eigenvalue weighted by molar-refractivity contribution is 7.15. The van der Waals surface area contributed by atoms with E-state index < -0.39 is 6.61 Å². The summed E-state index contributed by atoms with van der Waals surface area (Å²) in [5.41, 5.74) is 1.32. The van der Waals surface area contributed by atoms with Crippen LogP contribution in [-0.2, 0) is 12.8 Å². The standard InChI is InChI=1S/C15H14F2N2O3S/c1-21-11-7-8(5-6-10(11)22-14(16)17)13(20)19-15-18-9-3-2-4-12(9)23-15/h5-7,14H,2-4H2,1H3,(H,18,19,20). The first kappa shape index (κ1) is 15.7. The zero-order valence-electron chi connectivity index (χ0n) is 12.3. The van der Waals surface area contributed by atoms with Crippen molar-refractivity contribution >= 4 is 22.4 Å². The Kier molecular flexibility index (Phi) is 4.42. The van der Waals surface area contributed by atoms with Crippen molar-refractivity contribution in [3.05, 3.63) is 34.3 Å². The average molecular weight is 340 g/mol. The summed E-state index contributed by atoms with van der Waals surface area (Å²) in [7, 11) is 1.32. The van der Waals surface area contributed by atoms with Gasteiger partial charge in [0.2, 0.25) is 0 Å². The van der Waals surface area contributed by atoms with Crippen LogP contribution in [-0.4, -0.2) is 24.6 Å². The van der Waals surface area contributed by atoms with Crippen LogP contribution in [0.4, 0.5) is 13.9 Å². The SMILES string of the molecule is COc1cc(C(=O)Nc2nc3c(s2)CCC3)ccc1OC(F)F. The molecule has 8 heteroatoms. The van der Waals surface area contributed by atoms with E-state index in [1.165, 1.54) is 41.5 Å². The lowest BCUT2D eigenvalue weighted by Crippen LogP contribution is -2.12. The highest BCUT2D eigenvalue weighted by atomic mass is 32.1. The fourth-order valence-electron chi connectivity index (χ4n) is 2.42. The largest absolute Gasteiger partial charge is 0.493 e. The van der Waals surface area contributed by atoms with Crippen molar-refractivity contribution in [3.8, 4) is 11.5 Å². The monoisotopic (exact) mass is 340 g/mol. The van der Waals surface area contributed by atoms with Gasteiger partial charge >= 0.3 is 6.61 Å². The maximum absolute atomic E-state index is 12.3. The maximum Gasteiger partial charge on any atom is 0.387 e. The van der Waals surface area contributed by atoms with Crippen molar-refractivity contribution in [3.63, 3.8) is 0 Å². The van der Waals surface area contributed by atoms with Gasteiger partial charge in [0, 0.05) is 10.4 Å². The van der Waals surface area contributed by atoms with E-state index in [0.29, 0.717) is 5.13 Å². The number of alkyl halides is 2. The average Bonchev–Trinajstić information content (AvgIpc) is 3.08. The number of halogens is 2. The number of aromatic nitrogens is 1. The molecule has 1 N–H and O–H groups in total. The van der Waals surface area contributed by atoms with Crippen LogP contribution in [0.5, 0.6) is 11.5 Å². The predicted molar refractivity (Wildman–Crippen MR) is 81.7 cm³/mol. The summed E-state index contributed by atoms with van der Waals surface area (Å²) in [6.45, 7) is -2.96. The van der Waals surface area contributed by atoms with Crippen LogP contribution in [0.15, 0.2) is 18.2 Å². The molecule has 1 aromatic carbocycles. The Morgan fingerprint density at radius 1 is 1.35 bits per heavy atom. The van der Waals surface area contributed by atoms with E-state index in [1.807, 2.05) is 0 Å². The van der Waals surface area contributed by atoms with Gasteiger partial charge in [-0.1, -0.05) is 0 Å². The molecule has 0 aliphatic heterocycles. The van der Waals surface area contributed by atoms with Gasteiger partial charge in [-0.25, -0.2) is 4.98 Å². The number of nitrogens with one attached hydrogen (secondary N) is 1. The fourth-order valence-corrected chi connectivity index (χ4v) is 3.46. The number of hydrogen-bond acceptors (Lipinski definition) is 5. The first-order valence-electron chi connectivity index (χ1n) is 6.99. The van der Waals surface area contributed by atoms with Gasteiger partial charge < -0.3 is 9.47 Å². The van der Waals surface area contributed by atoms with E-state index in [9.17, 15) is 13.6 Å². The molecular weight excluding hydrogens is 326 g/mol. The van der Waals surface area contributed by atoms with Gasteiger partial charge in [-0.3, -0.25) is 10.1 Å². The highest BCUT2D eigenvalue weighted by Gasteiger charge is 2.19. The van der Waals surface area contributed by atoms with Crippen molar-refractivity contribution in [2.75, 3.05) is 12.4 Å². The molecule has 3 rings (SSSR count). The maximum atomic E-state index is 12.3. The number of benzene rings is 1. The van der Waals surface area contributed by atoms with Crippen molar-refractivity contribution in [1.29, 1.82) is 0 Å². The molecular formula is C15H14F2N2O3S. The number of nitrogens with zero attached hydrogens (tertiary/aromatic N) is 1. The molecule has 0 radical (unpaired) electrons. The lowest BCUT2D eigenvalue weighted by Gasteiger charge is -2.11. The molecule has 23 heavy (non-hydrogen) atoms. The summed E-state index contributed by atoms with van der Waals surface area (Å²) in [5.74, 6) is -0.425. The number of carbonyl (C=O) groups is 1. The van der Waals surface area contributed by atoms with Gasteiger partial charge in [-0.2, -0.15) is 8.78 Å². The molecule has 1 heterocycles. The number of anilines is 1. The number of fused-ring (bicyclic) bond motifs is 1. The Morgan fingerprint density at radius 3 is 2.87 bits per heavy atom. The molecule has 1 amide bonds. The van der Waals surface area contributed by atoms with Gasteiger partial charge in [0.1, 0.15) is 0 Å². The first-order chi connectivity index (χ1) is 11.1. The number of carbonyl (C=O) groups excluding carboxylic acids is 1. The molecule has 2 aromatic rings. The van der Waals surface area contributed by atoms with Crippen LogP contribution >= 0.6 is 11.3 Å². The second-order valence-corrected chi connectivity index (χ2v) is 6.02. The van der Waals surface area contributed by atoms with E-state index in [-0.39, 0.29) is 23.0 Å². The van der Waals surface area contributed by atoms with Gasteiger partial charge in [0.25, 0.3) is 5.91 Å². The third-order valence-corrected chi connectivity index (χ3v) is 4.53. The summed E-state index contributed by atoms with van der Waals surface area (Å²) < 4.78 is 33.9. The molecule has 1 aromatic heterocycles. The van der Waals surface area contributed by atoms with Crippen LogP contribution in [0.2, 0.25) is 0 Å². The van der Waals surface area contributed by atoms with Crippen molar-refractivity contribution in [1.82, 2.24) is 4.98 Å². The normalized spacial score (nSPS) is 13.0. The molecule has 0 saturated carbocycles. The van der Waals surface area contributed by atoms with E-state index in [0.717, 1.165) is 25.0 Å². The Bertz CT molecular complexity index is 712.